The molecule has 1 atom stereocenters. The zero-order chi connectivity index (χ0) is 9.14. The maximum absolute atomic E-state index is 8.50. The summed E-state index contributed by atoms with van der Waals surface area (Å²) in [5, 5.41) is 17.6. The molecule has 0 aromatic heterocycles. The molecule has 0 aromatic rings. The van der Waals surface area contributed by atoms with Gasteiger partial charge in [-0.3, -0.25) is 0 Å². The van der Waals surface area contributed by atoms with Gasteiger partial charge in [0.25, 0.3) is 0 Å². The van der Waals surface area contributed by atoms with Crippen molar-refractivity contribution in [2.45, 2.75) is 5.38 Å². The predicted octanol–water partition coefficient (Wildman–Crippen LogP) is 1.09. The first kappa shape index (κ1) is 9.15. The van der Waals surface area contributed by atoms with Crippen LogP contribution in [0.3, 0.4) is 0 Å². The van der Waals surface area contributed by atoms with Crippen LogP contribution in [0.15, 0.2) is 20.4 Å². The SMILES string of the molecule is C=NC1=NN=C(Cl)C(Cl)C1=NO. The molecule has 0 saturated carbocycles. The first-order valence-electron chi connectivity index (χ1n) is 2.85. The van der Waals surface area contributed by atoms with Crippen molar-refractivity contribution in [1.82, 2.24) is 0 Å². The molecular weight excluding hydrogens is 203 g/mol. The van der Waals surface area contributed by atoms with E-state index in [2.05, 4.69) is 27.1 Å². The number of aliphatic imine (C=N–C) groups is 1. The first-order chi connectivity index (χ1) is 5.70. The zero-order valence-electron chi connectivity index (χ0n) is 5.78. The van der Waals surface area contributed by atoms with Crippen molar-refractivity contribution in [2.75, 3.05) is 0 Å². The smallest absolute Gasteiger partial charge is 0.200 e. The van der Waals surface area contributed by atoms with Gasteiger partial charge in [0.2, 0.25) is 5.84 Å². The van der Waals surface area contributed by atoms with E-state index >= 15 is 0 Å². The van der Waals surface area contributed by atoms with Gasteiger partial charge in [-0.1, -0.05) is 16.8 Å². The second kappa shape index (κ2) is 3.64. The molecule has 0 aromatic carbocycles. The summed E-state index contributed by atoms with van der Waals surface area (Å²) in [5.41, 5.74) is 0.0478. The molecule has 7 heteroatoms. The molecule has 0 amide bonds. The van der Waals surface area contributed by atoms with Crippen LogP contribution in [0.2, 0.25) is 0 Å². The van der Waals surface area contributed by atoms with Gasteiger partial charge in [0.15, 0.2) is 10.9 Å². The maximum atomic E-state index is 8.50. The number of oxime groups is 1. The topological polar surface area (TPSA) is 69.7 Å². The van der Waals surface area contributed by atoms with Crippen molar-refractivity contribution in [1.29, 1.82) is 0 Å². The highest BCUT2D eigenvalue weighted by Gasteiger charge is 2.27. The van der Waals surface area contributed by atoms with Crippen molar-refractivity contribution in [3.05, 3.63) is 0 Å². The molecule has 0 fully saturated rings. The summed E-state index contributed by atoms with van der Waals surface area (Å²) in [5.74, 6) is 0.0712. The normalized spacial score (nSPS) is 26.5. The molecule has 0 saturated heterocycles. The number of alkyl halides is 1. The van der Waals surface area contributed by atoms with Gasteiger partial charge in [0.05, 0.1) is 0 Å². The van der Waals surface area contributed by atoms with Crippen molar-refractivity contribution in [3.8, 4) is 0 Å². The maximum Gasteiger partial charge on any atom is 0.200 e. The van der Waals surface area contributed by atoms with Crippen LogP contribution >= 0.6 is 23.2 Å². The second-order valence-corrected chi connectivity index (χ2v) is 2.68. The third kappa shape index (κ3) is 1.46. The van der Waals surface area contributed by atoms with Crippen molar-refractivity contribution < 1.29 is 5.21 Å². The molecule has 1 heterocycles. The van der Waals surface area contributed by atoms with E-state index in [-0.39, 0.29) is 16.7 Å². The van der Waals surface area contributed by atoms with Crippen molar-refractivity contribution >= 4 is 46.6 Å². The number of hydrogen-bond donors (Lipinski definition) is 1. The van der Waals surface area contributed by atoms with Crippen LogP contribution in [0.5, 0.6) is 0 Å². The van der Waals surface area contributed by atoms with E-state index in [0.29, 0.717) is 0 Å². The van der Waals surface area contributed by atoms with Crippen LogP contribution < -0.4 is 0 Å². The quantitative estimate of drug-likeness (QED) is 0.274. The molecule has 0 bridgehead atoms. The summed E-state index contributed by atoms with van der Waals surface area (Å²) < 4.78 is 0. The average molecular weight is 207 g/mol. The Bertz CT molecular complexity index is 296. The van der Waals surface area contributed by atoms with Gasteiger partial charge in [-0.25, -0.2) is 4.99 Å². The highest BCUT2D eigenvalue weighted by atomic mass is 35.5. The first-order valence-corrected chi connectivity index (χ1v) is 3.66. The van der Waals surface area contributed by atoms with Crippen LogP contribution in [0.4, 0.5) is 0 Å². The van der Waals surface area contributed by atoms with Crippen molar-refractivity contribution in [2.24, 2.45) is 20.4 Å². The third-order valence-electron chi connectivity index (χ3n) is 1.18. The van der Waals surface area contributed by atoms with Gasteiger partial charge < -0.3 is 5.21 Å². The van der Waals surface area contributed by atoms with E-state index in [4.69, 9.17) is 28.4 Å². The van der Waals surface area contributed by atoms with Gasteiger partial charge in [0.1, 0.15) is 5.38 Å². The molecule has 0 radical (unpaired) electrons. The molecule has 64 valence electrons. The molecule has 1 N–H and O–H groups in total. The summed E-state index contributed by atoms with van der Waals surface area (Å²) in [4.78, 5) is 3.44. The lowest BCUT2D eigenvalue weighted by Gasteiger charge is -2.10. The number of nitrogens with zero attached hydrogens (tertiary/aromatic N) is 4. The molecule has 1 unspecified atom stereocenters. The van der Waals surface area contributed by atoms with Gasteiger partial charge in [-0.05, 0) is 6.72 Å². The largest absolute Gasteiger partial charge is 0.410 e. The average Bonchev–Trinajstić information content (AvgIpc) is 2.09. The fourth-order valence-electron chi connectivity index (χ4n) is 0.631. The summed E-state index contributed by atoms with van der Waals surface area (Å²) >= 11 is 11.2. The second-order valence-electron chi connectivity index (χ2n) is 1.85. The molecule has 1 rings (SSSR count). The van der Waals surface area contributed by atoms with E-state index in [1.165, 1.54) is 0 Å². The molecule has 1 aliphatic heterocycles. The highest BCUT2D eigenvalue weighted by molar-refractivity contribution is 6.78. The summed E-state index contributed by atoms with van der Waals surface area (Å²) in [6.45, 7) is 3.20. The van der Waals surface area contributed by atoms with E-state index in [1.54, 1.807) is 0 Å². The Labute approximate surface area is 78.1 Å². The minimum absolute atomic E-state index is 0.0388. The molecule has 0 aliphatic carbocycles. The van der Waals surface area contributed by atoms with Crippen LogP contribution in [-0.2, 0) is 0 Å². The summed E-state index contributed by atoms with van der Waals surface area (Å²) in [7, 11) is 0. The summed E-state index contributed by atoms with van der Waals surface area (Å²) in [6, 6.07) is 0. The minimum atomic E-state index is -0.810. The van der Waals surface area contributed by atoms with Crippen molar-refractivity contribution in [3.63, 3.8) is 0 Å². The van der Waals surface area contributed by atoms with Gasteiger partial charge in [-0.2, -0.15) is 0 Å². The third-order valence-corrected chi connectivity index (χ3v) is 1.99. The number of rotatable bonds is 0. The van der Waals surface area contributed by atoms with Gasteiger partial charge >= 0.3 is 0 Å². The molecule has 12 heavy (non-hydrogen) atoms. The fraction of sp³-hybridized carbons (Fsp3) is 0.200. The molecule has 1 aliphatic rings. The highest BCUT2D eigenvalue weighted by Crippen LogP contribution is 2.13. The fourth-order valence-corrected chi connectivity index (χ4v) is 0.957. The lowest BCUT2D eigenvalue weighted by atomic mass is 10.2. The predicted molar refractivity (Wildman–Crippen MR) is 49.1 cm³/mol. The number of halogens is 2. The molecule has 5 nitrogen and oxygen atoms in total. The van der Waals surface area contributed by atoms with E-state index in [9.17, 15) is 0 Å². The Morgan fingerprint density at radius 3 is 2.67 bits per heavy atom. The monoisotopic (exact) mass is 206 g/mol. The molecular formula is C5H4Cl2N4O. The lowest BCUT2D eigenvalue weighted by molar-refractivity contribution is 0.319. The van der Waals surface area contributed by atoms with E-state index in [0.717, 1.165) is 0 Å². The van der Waals surface area contributed by atoms with E-state index < -0.39 is 5.38 Å². The Morgan fingerprint density at radius 1 is 1.50 bits per heavy atom. The Balaban J connectivity index is 3.10. The number of amidine groups is 1. The Hall–Kier alpha value is -0.940. The minimum Gasteiger partial charge on any atom is -0.410 e. The van der Waals surface area contributed by atoms with Crippen LogP contribution in [-0.4, -0.2) is 34.0 Å². The Kier molecular flexibility index (Phi) is 2.78. The van der Waals surface area contributed by atoms with E-state index in [1.807, 2.05) is 0 Å². The standard InChI is InChI=1S/C5H4Cl2N4O/c1-8-5-3(11-12)2(6)4(7)9-10-5/h2,12H,1H2. The summed E-state index contributed by atoms with van der Waals surface area (Å²) in [6.07, 6.45) is 0. The molecule has 0 spiro atoms. The van der Waals surface area contributed by atoms with Gasteiger partial charge in [-0.15, -0.1) is 21.8 Å². The van der Waals surface area contributed by atoms with Crippen LogP contribution in [0, 0.1) is 0 Å². The van der Waals surface area contributed by atoms with Crippen LogP contribution in [0.1, 0.15) is 0 Å². The Morgan fingerprint density at radius 2 is 2.17 bits per heavy atom. The zero-order valence-corrected chi connectivity index (χ0v) is 7.29. The number of hydrogen-bond acceptors (Lipinski definition) is 5. The lowest BCUT2D eigenvalue weighted by Crippen LogP contribution is -2.30. The van der Waals surface area contributed by atoms with Crippen LogP contribution in [0.25, 0.3) is 0 Å². The van der Waals surface area contributed by atoms with Gasteiger partial charge in [0, 0.05) is 0 Å².